The van der Waals surface area contributed by atoms with Crippen molar-refractivity contribution in [2.75, 3.05) is 18.5 Å². The van der Waals surface area contributed by atoms with Gasteiger partial charge in [-0.15, -0.1) is 11.3 Å². The van der Waals surface area contributed by atoms with Crippen molar-refractivity contribution in [3.63, 3.8) is 0 Å². The van der Waals surface area contributed by atoms with Crippen LogP contribution in [0.3, 0.4) is 0 Å². The molecule has 10 nitrogen and oxygen atoms in total. The molecule has 208 valence electrons. The van der Waals surface area contributed by atoms with E-state index in [1.165, 1.54) is 0 Å². The van der Waals surface area contributed by atoms with E-state index in [1.54, 1.807) is 45.9 Å². The van der Waals surface area contributed by atoms with Gasteiger partial charge in [0.1, 0.15) is 15.7 Å². The zero-order valence-corrected chi connectivity index (χ0v) is 23.3. The van der Waals surface area contributed by atoms with Crippen LogP contribution in [0.25, 0.3) is 22.4 Å². The summed E-state index contributed by atoms with van der Waals surface area (Å²) >= 11 is 0.903. The molecule has 2 heterocycles. The number of carbonyl (C=O) groups is 4. The van der Waals surface area contributed by atoms with Crippen LogP contribution in [0.15, 0.2) is 48.5 Å². The zero-order chi connectivity index (χ0) is 28.8. The first-order chi connectivity index (χ1) is 19.3. The van der Waals surface area contributed by atoms with Crippen LogP contribution in [0.1, 0.15) is 63.1 Å². The third-order valence-corrected chi connectivity index (χ3v) is 7.19. The topological polar surface area (TPSA) is 137 Å². The van der Waals surface area contributed by atoms with E-state index in [-0.39, 0.29) is 40.6 Å². The molecule has 1 unspecified atom stereocenters. The number of imidazole rings is 1. The molecule has 2 N–H and O–H groups in total. The maximum absolute atomic E-state index is 13.2. The highest BCUT2D eigenvalue weighted by molar-refractivity contribution is 7.18. The number of H-pyrrole nitrogens is 1. The minimum atomic E-state index is -1.16. The Balaban J connectivity index is 1.53. The van der Waals surface area contributed by atoms with Gasteiger partial charge in [0.15, 0.2) is 6.10 Å². The Labute approximate surface area is 234 Å². The number of fused-ring (bicyclic) bond motifs is 1. The van der Waals surface area contributed by atoms with Gasteiger partial charge in [-0.25, -0.2) is 19.4 Å². The molecule has 0 aliphatic heterocycles. The van der Waals surface area contributed by atoms with Crippen molar-refractivity contribution in [2.45, 2.75) is 40.2 Å². The lowest BCUT2D eigenvalue weighted by Gasteiger charge is -2.16. The number of anilines is 1. The minimum absolute atomic E-state index is 0.0587. The first-order valence-electron chi connectivity index (χ1n) is 12.8. The van der Waals surface area contributed by atoms with Crippen molar-refractivity contribution >= 4 is 51.2 Å². The summed E-state index contributed by atoms with van der Waals surface area (Å²) in [6.45, 7) is 6.86. The molecule has 0 bridgehead atoms. The number of carbonyl (C=O) groups excluding carboxylic acids is 4. The summed E-state index contributed by atoms with van der Waals surface area (Å²) < 4.78 is 15.8. The third kappa shape index (κ3) is 6.04. The first-order valence-corrected chi connectivity index (χ1v) is 13.6. The smallest absolute Gasteiger partial charge is 0.348 e. The van der Waals surface area contributed by atoms with Crippen molar-refractivity contribution in [3.05, 3.63) is 70.1 Å². The van der Waals surface area contributed by atoms with E-state index in [4.69, 9.17) is 14.2 Å². The van der Waals surface area contributed by atoms with E-state index in [9.17, 15) is 19.2 Å². The number of hydrogen-bond acceptors (Lipinski definition) is 9. The summed E-state index contributed by atoms with van der Waals surface area (Å²) in [6, 6.07) is 14.5. The monoisotopic (exact) mass is 563 g/mol. The van der Waals surface area contributed by atoms with Crippen LogP contribution in [0.5, 0.6) is 0 Å². The van der Waals surface area contributed by atoms with Crippen LogP contribution in [0.2, 0.25) is 0 Å². The van der Waals surface area contributed by atoms with Crippen molar-refractivity contribution in [1.82, 2.24) is 9.97 Å². The van der Waals surface area contributed by atoms with Gasteiger partial charge in [-0.1, -0.05) is 37.3 Å². The number of thiophene rings is 1. The fourth-order valence-electron chi connectivity index (χ4n) is 4.02. The van der Waals surface area contributed by atoms with E-state index in [0.717, 1.165) is 16.9 Å². The summed E-state index contributed by atoms with van der Waals surface area (Å²) in [5, 5.41) is 2.76. The van der Waals surface area contributed by atoms with Gasteiger partial charge < -0.3 is 24.5 Å². The first kappa shape index (κ1) is 28.5. The molecular weight excluding hydrogens is 534 g/mol. The SMILES string of the molecule is CCOC(=O)c1sc(NC(=O)C(CC)OC(=O)c2ccc3nc(-c4ccccc4)[nH]c3c2)c(C(=O)OCC)c1C. The highest BCUT2D eigenvalue weighted by atomic mass is 32.1. The molecule has 4 aromatic rings. The summed E-state index contributed by atoms with van der Waals surface area (Å²) in [5.41, 5.74) is 2.87. The van der Waals surface area contributed by atoms with Crippen LogP contribution in [-0.2, 0) is 19.0 Å². The van der Waals surface area contributed by atoms with Crippen molar-refractivity contribution in [2.24, 2.45) is 0 Å². The highest BCUT2D eigenvalue weighted by Crippen LogP contribution is 2.34. The number of benzene rings is 2. The van der Waals surface area contributed by atoms with Gasteiger partial charge in [-0.3, -0.25) is 4.79 Å². The van der Waals surface area contributed by atoms with E-state index >= 15 is 0 Å². The van der Waals surface area contributed by atoms with Crippen molar-refractivity contribution in [3.8, 4) is 11.4 Å². The largest absolute Gasteiger partial charge is 0.462 e. The molecule has 2 aromatic heterocycles. The molecule has 1 atom stereocenters. The Bertz CT molecular complexity index is 1560. The van der Waals surface area contributed by atoms with Crippen LogP contribution >= 0.6 is 11.3 Å². The Hall–Kier alpha value is -4.51. The molecule has 0 aliphatic carbocycles. The minimum Gasteiger partial charge on any atom is -0.462 e. The molecule has 0 radical (unpaired) electrons. The fraction of sp³-hybridized carbons (Fsp3) is 0.276. The standard InChI is InChI=1S/C29H29N3O7S/c1-5-21(25(33)32-26-22(28(35)37-6-2)16(4)23(40-26)29(36)38-7-3)39-27(34)18-13-14-19-20(15-18)31-24(30-19)17-11-9-8-10-12-17/h8-15,21H,5-7H2,1-4H3,(H,30,31)(H,32,33). The van der Waals surface area contributed by atoms with Crippen LogP contribution in [-0.4, -0.2) is 53.1 Å². The molecule has 0 aliphatic rings. The molecule has 0 fully saturated rings. The molecule has 11 heteroatoms. The summed E-state index contributed by atoms with van der Waals surface area (Å²) in [5.74, 6) is -1.97. The maximum atomic E-state index is 13.2. The Morgan fingerprint density at radius 2 is 1.65 bits per heavy atom. The van der Waals surface area contributed by atoms with Gasteiger partial charge in [-0.2, -0.15) is 0 Å². The number of amides is 1. The molecule has 1 amide bonds. The van der Waals surface area contributed by atoms with E-state index in [0.29, 0.717) is 22.4 Å². The number of ether oxygens (including phenoxy) is 3. The second kappa shape index (κ2) is 12.6. The average Bonchev–Trinajstić information content (AvgIpc) is 3.52. The summed E-state index contributed by atoms with van der Waals surface area (Å²) in [7, 11) is 0. The van der Waals surface area contributed by atoms with Crippen molar-refractivity contribution < 1.29 is 33.4 Å². The fourth-order valence-corrected chi connectivity index (χ4v) is 5.11. The second-order valence-corrected chi connectivity index (χ2v) is 9.70. The molecule has 4 rings (SSSR count). The predicted molar refractivity (Wildman–Crippen MR) is 151 cm³/mol. The van der Waals surface area contributed by atoms with Gasteiger partial charge in [-0.05, 0) is 51.0 Å². The lowest BCUT2D eigenvalue weighted by atomic mass is 10.1. The van der Waals surface area contributed by atoms with Gasteiger partial charge in [0.05, 0.1) is 35.4 Å². The Kier molecular flexibility index (Phi) is 8.95. The van der Waals surface area contributed by atoms with E-state index in [2.05, 4.69) is 15.3 Å². The van der Waals surface area contributed by atoms with E-state index < -0.39 is 29.9 Å². The molecule has 0 spiro atoms. The molecule has 0 saturated carbocycles. The summed E-state index contributed by atoms with van der Waals surface area (Å²) in [6.07, 6.45) is -0.986. The molecule has 40 heavy (non-hydrogen) atoms. The highest BCUT2D eigenvalue weighted by Gasteiger charge is 2.30. The van der Waals surface area contributed by atoms with Crippen LogP contribution < -0.4 is 5.32 Å². The maximum Gasteiger partial charge on any atom is 0.348 e. The van der Waals surface area contributed by atoms with Gasteiger partial charge in [0.2, 0.25) is 0 Å². The van der Waals surface area contributed by atoms with E-state index in [1.807, 2.05) is 30.3 Å². The Morgan fingerprint density at radius 1 is 0.950 bits per heavy atom. The Morgan fingerprint density at radius 3 is 2.33 bits per heavy atom. The number of nitrogens with one attached hydrogen (secondary N) is 2. The van der Waals surface area contributed by atoms with Gasteiger partial charge in [0.25, 0.3) is 5.91 Å². The molecular formula is C29H29N3O7S. The number of aromatic amines is 1. The lowest BCUT2D eigenvalue weighted by molar-refractivity contribution is -0.124. The van der Waals surface area contributed by atoms with Crippen molar-refractivity contribution in [1.29, 1.82) is 0 Å². The van der Waals surface area contributed by atoms with Gasteiger partial charge in [0, 0.05) is 5.56 Å². The second-order valence-electron chi connectivity index (χ2n) is 8.68. The number of aromatic nitrogens is 2. The van der Waals surface area contributed by atoms with Crippen LogP contribution in [0.4, 0.5) is 5.00 Å². The number of esters is 3. The number of hydrogen-bond donors (Lipinski definition) is 2. The normalized spacial score (nSPS) is 11.6. The predicted octanol–water partition coefficient (Wildman–Crippen LogP) is 5.53. The lowest BCUT2D eigenvalue weighted by Crippen LogP contribution is -2.32. The third-order valence-electron chi connectivity index (χ3n) is 6.00. The quantitative estimate of drug-likeness (QED) is 0.190. The number of nitrogens with zero attached hydrogens (tertiary/aromatic N) is 1. The number of rotatable bonds is 10. The summed E-state index contributed by atoms with van der Waals surface area (Å²) in [4.78, 5) is 59.2. The molecule has 0 saturated heterocycles. The van der Waals surface area contributed by atoms with Gasteiger partial charge >= 0.3 is 17.9 Å². The van der Waals surface area contributed by atoms with Crippen LogP contribution in [0, 0.1) is 6.92 Å². The zero-order valence-electron chi connectivity index (χ0n) is 22.5. The molecule has 2 aromatic carbocycles. The average molecular weight is 564 g/mol.